The maximum Gasteiger partial charge on any atom is 0.338 e. The molecule has 2 aromatic rings. The van der Waals surface area contributed by atoms with Gasteiger partial charge in [0.15, 0.2) is 0 Å². The zero-order valence-electron chi connectivity index (χ0n) is 9.24. The Morgan fingerprint density at radius 1 is 1.12 bits per heavy atom. The first-order valence-corrected chi connectivity index (χ1v) is 5.04. The molecule has 82 valence electrons. The average Bonchev–Trinajstić information content (AvgIpc) is 2.26. The lowest BCUT2D eigenvalue weighted by Gasteiger charge is -2.13. The summed E-state index contributed by atoms with van der Waals surface area (Å²) in [5, 5.41) is 11.1. The van der Waals surface area contributed by atoms with Crippen molar-refractivity contribution >= 4 is 22.4 Å². The highest BCUT2D eigenvalue weighted by molar-refractivity contribution is 6.05. The number of rotatable bonds is 1. The molecule has 2 aromatic carbocycles. The fourth-order valence-electron chi connectivity index (χ4n) is 2.08. The van der Waals surface area contributed by atoms with E-state index in [1.807, 2.05) is 31.2 Å². The van der Waals surface area contributed by atoms with Gasteiger partial charge in [0.25, 0.3) is 0 Å². The molecule has 0 aliphatic rings. The van der Waals surface area contributed by atoms with Crippen molar-refractivity contribution in [1.29, 1.82) is 0 Å². The van der Waals surface area contributed by atoms with E-state index in [1.54, 1.807) is 6.92 Å². The topological polar surface area (TPSA) is 63.3 Å². The third-order valence-corrected chi connectivity index (χ3v) is 3.00. The van der Waals surface area contributed by atoms with Gasteiger partial charge in [0, 0.05) is 5.69 Å². The zero-order chi connectivity index (χ0) is 11.9. The van der Waals surface area contributed by atoms with Crippen LogP contribution in [0.5, 0.6) is 0 Å². The number of aromatic carboxylic acids is 1. The number of nitrogens with two attached hydrogens (primary N) is 1. The molecule has 0 spiro atoms. The summed E-state index contributed by atoms with van der Waals surface area (Å²) in [6, 6.07) is 7.70. The second kappa shape index (κ2) is 3.52. The molecule has 0 amide bonds. The molecule has 0 aliphatic carbocycles. The summed E-state index contributed by atoms with van der Waals surface area (Å²) < 4.78 is 0. The zero-order valence-corrected chi connectivity index (χ0v) is 9.24. The predicted molar refractivity (Wildman–Crippen MR) is 64.8 cm³/mol. The number of aryl methyl sites for hydroxylation is 2. The summed E-state index contributed by atoms with van der Waals surface area (Å²) in [5.74, 6) is -0.969. The van der Waals surface area contributed by atoms with Gasteiger partial charge in [-0.2, -0.15) is 0 Å². The Morgan fingerprint density at radius 2 is 1.62 bits per heavy atom. The van der Waals surface area contributed by atoms with Gasteiger partial charge in [-0.25, -0.2) is 4.79 Å². The smallest absolute Gasteiger partial charge is 0.338 e. The van der Waals surface area contributed by atoms with E-state index in [9.17, 15) is 4.79 Å². The molecule has 3 nitrogen and oxygen atoms in total. The van der Waals surface area contributed by atoms with E-state index in [4.69, 9.17) is 10.8 Å². The van der Waals surface area contributed by atoms with Crippen molar-refractivity contribution in [3.8, 4) is 0 Å². The molecule has 0 saturated heterocycles. The van der Waals surface area contributed by atoms with Gasteiger partial charge in [-0.05, 0) is 35.7 Å². The van der Waals surface area contributed by atoms with E-state index in [0.29, 0.717) is 5.69 Å². The van der Waals surface area contributed by atoms with Crippen LogP contribution in [0.2, 0.25) is 0 Å². The Balaban J connectivity index is 3.00. The fraction of sp³-hybridized carbons (Fsp3) is 0.154. The van der Waals surface area contributed by atoms with Gasteiger partial charge in [-0.15, -0.1) is 0 Å². The molecule has 0 saturated carbocycles. The average molecular weight is 215 g/mol. The Hall–Kier alpha value is -2.03. The van der Waals surface area contributed by atoms with E-state index < -0.39 is 5.97 Å². The van der Waals surface area contributed by atoms with Gasteiger partial charge in [-0.3, -0.25) is 0 Å². The van der Waals surface area contributed by atoms with Crippen LogP contribution in [0, 0.1) is 13.8 Å². The number of hydrogen-bond donors (Lipinski definition) is 2. The summed E-state index contributed by atoms with van der Waals surface area (Å²) in [5.41, 5.74) is 8.01. The molecule has 3 heteroatoms. The summed E-state index contributed by atoms with van der Waals surface area (Å²) in [4.78, 5) is 11.2. The standard InChI is InChI=1S/C13H13NO2/c1-7-9-5-3-4-6-10(9)8(2)12(14)11(7)13(15)16/h3-6H,14H2,1-2H3,(H,15,16). The lowest BCUT2D eigenvalue weighted by molar-refractivity contribution is 0.0697. The maximum atomic E-state index is 11.2. The third-order valence-electron chi connectivity index (χ3n) is 3.00. The number of carbonyl (C=O) groups is 1. The molecular weight excluding hydrogens is 202 g/mol. The molecule has 3 N–H and O–H groups in total. The van der Waals surface area contributed by atoms with Gasteiger partial charge in [-0.1, -0.05) is 24.3 Å². The number of carboxylic acids is 1. The number of nitrogen functional groups attached to an aromatic ring is 1. The molecule has 0 heterocycles. The highest BCUT2D eigenvalue weighted by atomic mass is 16.4. The number of hydrogen-bond acceptors (Lipinski definition) is 2. The van der Waals surface area contributed by atoms with Crippen molar-refractivity contribution < 1.29 is 9.90 Å². The van der Waals surface area contributed by atoms with Crippen LogP contribution >= 0.6 is 0 Å². The number of benzene rings is 2. The van der Waals surface area contributed by atoms with Gasteiger partial charge < -0.3 is 10.8 Å². The number of carboxylic acid groups (broad SMARTS) is 1. The third kappa shape index (κ3) is 1.33. The van der Waals surface area contributed by atoms with Crippen molar-refractivity contribution in [1.82, 2.24) is 0 Å². The highest BCUT2D eigenvalue weighted by Gasteiger charge is 2.17. The van der Waals surface area contributed by atoms with Crippen LogP contribution < -0.4 is 5.73 Å². The molecule has 0 aromatic heterocycles. The molecule has 0 atom stereocenters. The summed E-state index contributed by atoms with van der Waals surface area (Å²) in [6.45, 7) is 3.64. The summed E-state index contributed by atoms with van der Waals surface area (Å²) in [7, 11) is 0. The van der Waals surface area contributed by atoms with Crippen LogP contribution in [0.15, 0.2) is 24.3 Å². The van der Waals surface area contributed by atoms with Crippen LogP contribution in [-0.4, -0.2) is 11.1 Å². The van der Waals surface area contributed by atoms with Gasteiger partial charge >= 0.3 is 5.97 Å². The second-order valence-electron chi connectivity index (χ2n) is 3.89. The normalized spacial score (nSPS) is 10.6. The van der Waals surface area contributed by atoms with E-state index in [0.717, 1.165) is 21.9 Å². The molecule has 16 heavy (non-hydrogen) atoms. The lowest BCUT2D eigenvalue weighted by atomic mass is 9.94. The minimum Gasteiger partial charge on any atom is -0.478 e. The van der Waals surface area contributed by atoms with Crippen molar-refractivity contribution in [3.63, 3.8) is 0 Å². The first-order chi connectivity index (χ1) is 7.54. The molecule has 2 rings (SSSR count). The summed E-state index contributed by atoms with van der Waals surface area (Å²) >= 11 is 0. The van der Waals surface area contributed by atoms with Crippen molar-refractivity contribution in [3.05, 3.63) is 41.0 Å². The van der Waals surface area contributed by atoms with Crippen LogP contribution in [0.1, 0.15) is 21.5 Å². The number of anilines is 1. The van der Waals surface area contributed by atoms with Crippen LogP contribution in [0.25, 0.3) is 10.8 Å². The Labute approximate surface area is 93.5 Å². The number of fused-ring (bicyclic) bond motifs is 1. The minimum atomic E-state index is -0.969. The monoisotopic (exact) mass is 215 g/mol. The van der Waals surface area contributed by atoms with Crippen molar-refractivity contribution in [2.24, 2.45) is 0 Å². The van der Waals surface area contributed by atoms with E-state index in [1.165, 1.54) is 0 Å². The Bertz CT molecular complexity index is 588. The predicted octanol–water partition coefficient (Wildman–Crippen LogP) is 2.74. The van der Waals surface area contributed by atoms with Crippen molar-refractivity contribution in [2.45, 2.75) is 13.8 Å². The van der Waals surface area contributed by atoms with E-state index >= 15 is 0 Å². The van der Waals surface area contributed by atoms with E-state index in [-0.39, 0.29) is 5.56 Å². The molecular formula is C13H13NO2. The maximum absolute atomic E-state index is 11.2. The SMILES string of the molecule is Cc1c(N)c(C(=O)O)c(C)c2ccccc12. The molecule has 0 aliphatic heterocycles. The van der Waals surface area contributed by atoms with Gasteiger partial charge in [0.05, 0.1) is 5.56 Å². The van der Waals surface area contributed by atoms with Crippen LogP contribution in [0.4, 0.5) is 5.69 Å². The van der Waals surface area contributed by atoms with Crippen LogP contribution in [-0.2, 0) is 0 Å². The van der Waals surface area contributed by atoms with E-state index in [2.05, 4.69) is 0 Å². The molecule has 0 fully saturated rings. The summed E-state index contributed by atoms with van der Waals surface area (Å²) in [6.07, 6.45) is 0. The first kappa shape index (κ1) is 10.5. The lowest BCUT2D eigenvalue weighted by Crippen LogP contribution is -2.07. The first-order valence-electron chi connectivity index (χ1n) is 5.04. The Morgan fingerprint density at radius 3 is 2.12 bits per heavy atom. The molecule has 0 bridgehead atoms. The highest BCUT2D eigenvalue weighted by Crippen LogP contribution is 2.31. The molecule has 0 unspecified atom stereocenters. The van der Waals surface area contributed by atoms with Crippen LogP contribution in [0.3, 0.4) is 0 Å². The quantitative estimate of drug-likeness (QED) is 0.719. The second-order valence-corrected chi connectivity index (χ2v) is 3.89. The fourth-order valence-corrected chi connectivity index (χ4v) is 2.08. The largest absolute Gasteiger partial charge is 0.478 e. The van der Waals surface area contributed by atoms with Gasteiger partial charge in [0.1, 0.15) is 0 Å². The van der Waals surface area contributed by atoms with Gasteiger partial charge in [0.2, 0.25) is 0 Å². The Kier molecular flexibility index (Phi) is 2.31. The minimum absolute atomic E-state index is 0.219. The van der Waals surface area contributed by atoms with Crippen molar-refractivity contribution in [2.75, 3.05) is 5.73 Å². The molecule has 0 radical (unpaired) electrons.